The first-order valence-corrected chi connectivity index (χ1v) is 3.31. The third kappa shape index (κ3) is 2.00. The lowest BCUT2D eigenvalue weighted by Crippen LogP contribution is -2.03. The van der Waals surface area contributed by atoms with Gasteiger partial charge in [0, 0.05) is 0 Å². The first-order valence-electron chi connectivity index (χ1n) is 3.31. The Morgan fingerprint density at radius 1 is 1.36 bits per heavy atom. The Morgan fingerprint density at radius 3 is 2.36 bits per heavy atom. The van der Waals surface area contributed by atoms with E-state index in [1.54, 1.807) is 0 Å². The van der Waals surface area contributed by atoms with E-state index in [9.17, 15) is 4.39 Å². The van der Waals surface area contributed by atoms with E-state index in [0.29, 0.717) is 5.56 Å². The van der Waals surface area contributed by atoms with Gasteiger partial charge in [0.15, 0.2) is 0 Å². The van der Waals surface area contributed by atoms with E-state index in [2.05, 4.69) is 0 Å². The van der Waals surface area contributed by atoms with Gasteiger partial charge in [-0.2, -0.15) is 0 Å². The van der Waals surface area contributed by atoms with Crippen LogP contribution in [0.15, 0.2) is 24.3 Å². The monoisotopic (exact) mass is 154 g/mol. The second-order valence-corrected chi connectivity index (χ2v) is 2.29. The summed E-state index contributed by atoms with van der Waals surface area (Å²) in [6.07, 6.45) is 0. The van der Waals surface area contributed by atoms with E-state index in [-0.39, 0.29) is 12.4 Å². The molecule has 59 valence electrons. The van der Waals surface area contributed by atoms with Crippen LogP contribution < -0.4 is 5.73 Å². The summed E-state index contributed by atoms with van der Waals surface area (Å²) in [7, 11) is 0. The van der Waals surface area contributed by atoms with Crippen LogP contribution >= 0.6 is 0 Å². The van der Waals surface area contributed by atoms with Crippen molar-refractivity contribution in [2.24, 2.45) is 0 Å². The van der Waals surface area contributed by atoms with Crippen LogP contribution in [0.3, 0.4) is 0 Å². The Hall–Kier alpha value is -0.930. The molecular formula is C8H9FNO. The Bertz CT molecular complexity index is 222. The first-order chi connectivity index (χ1) is 5.24. The zero-order chi connectivity index (χ0) is 8.27. The van der Waals surface area contributed by atoms with E-state index >= 15 is 0 Å². The largest absolute Gasteiger partial charge is 0.394 e. The number of aliphatic hydroxyl groups excluding tert-OH is 1. The molecule has 0 fully saturated rings. The summed E-state index contributed by atoms with van der Waals surface area (Å²) in [6.45, 7) is -0.231. The molecule has 0 aromatic heterocycles. The molecule has 0 aliphatic heterocycles. The van der Waals surface area contributed by atoms with Gasteiger partial charge >= 0.3 is 0 Å². The predicted octanol–water partition coefficient (Wildman–Crippen LogP) is 1.14. The molecule has 1 atom stereocenters. The fraction of sp³-hybridized carbons (Fsp3) is 0.250. The number of hydrogen-bond acceptors (Lipinski definition) is 1. The normalized spacial score (nSPS) is 13.0. The van der Waals surface area contributed by atoms with Gasteiger partial charge in [0.05, 0.1) is 12.6 Å². The Kier molecular flexibility index (Phi) is 2.57. The van der Waals surface area contributed by atoms with Gasteiger partial charge < -0.3 is 5.11 Å². The van der Waals surface area contributed by atoms with Gasteiger partial charge in [0.25, 0.3) is 0 Å². The smallest absolute Gasteiger partial charge is 0.123 e. The van der Waals surface area contributed by atoms with Gasteiger partial charge in [-0.1, -0.05) is 12.1 Å². The number of rotatable bonds is 2. The topological polar surface area (TPSA) is 44.0 Å². The molecule has 0 saturated carbocycles. The summed E-state index contributed by atoms with van der Waals surface area (Å²) in [5, 5.41) is 8.58. The molecule has 0 saturated heterocycles. The fourth-order valence-corrected chi connectivity index (χ4v) is 0.800. The van der Waals surface area contributed by atoms with Gasteiger partial charge in [-0.05, 0) is 17.7 Å². The van der Waals surface area contributed by atoms with Crippen molar-refractivity contribution in [3.8, 4) is 0 Å². The van der Waals surface area contributed by atoms with Crippen LogP contribution in [0.1, 0.15) is 11.6 Å². The van der Waals surface area contributed by atoms with Crippen molar-refractivity contribution in [3.63, 3.8) is 0 Å². The lowest BCUT2D eigenvalue weighted by molar-refractivity contribution is 0.264. The maximum Gasteiger partial charge on any atom is 0.123 e. The van der Waals surface area contributed by atoms with Crippen molar-refractivity contribution in [3.05, 3.63) is 35.6 Å². The van der Waals surface area contributed by atoms with Crippen molar-refractivity contribution < 1.29 is 9.50 Å². The molecule has 3 heteroatoms. The molecule has 2 N–H and O–H groups in total. The molecule has 0 unspecified atom stereocenters. The van der Waals surface area contributed by atoms with Gasteiger partial charge in [0.1, 0.15) is 5.82 Å². The molecule has 1 rings (SSSR count). The summed E-state index contributed by atoms with van der Waals surface area (Å²) in [5.74, 6) is -0.320. The molecule has 0 bridgehead atoms. The highest BCUT2D eigenvalue weighted by atomic mass is 19.1. The molecule has 11 heavy (non-hydrogen) atoms. The minimum absolute atomic E-state index is 0.231. The highest BCUT2D eigenvalue weighted by Crippen LogP contribution is 2.10. The summed E-state index contributed by atoms with van der Waals surface area (Å²) < 4.78 is 12.3. The minimum Gasteiger partial charge on any atom is -0.394 e. The minimum atomic E-state index is -0.657. The predicted molar refractivity (Wildman–Crippen MR) is 39.3 cm³/mol. The van der Waals surface area contributed by atoms with Gasteiger partial charge in [-0.15, -0.1) is 0 Å². The van der Waals surface area contributed by atoms with Crippen molar-refractivity contribution in [1.82, 2.24) is 5.73 Å². The SMILES string of the molecule is [NH][C@H](CO)c1ccc(F)cc1. The summed E-state index contributed by atoms with van der Waals surface area (Å²) in [6, 6.07) is 4.92. The van der Waals surface area contributed by atoms with Gasteiger partial charge in [0.2, 0.25) is 0 Å². The summed E-state index contributed by atoms with van der Waals surface area (Å²) in [5.41, 5.74) is 7.89. The lowest BCUT2D eigenvalue weighted by atomic mass is 10.1. The van der Waals surface area contributed by atoms with Crippen LogP contribution in [-0.4, -0.2) is 11.7 Å². The fourth-order valence-electron chi connectivity index (χ4n) is 0.800. The number of aliphatic hydroxyl groups is 1. The standard InChI is InChI=1S/C8H9FNO/c9-7-3-1-6(2-4-7)8(10)5-11/h1-4,8,10-11H,5H2/t8-/m1/s1. The Morgan fingerprint density at radius 2 is 1.91 bits per heavy atom. The maximum absolute atomic E-state index is 12.3. The lowest BCUT2D eigenvalue weighted by Gasteiger charge is -2.05. The average molecular weight is 154 g/mol. The van der Waals surface area contributed by atoms with E-state index in [4.69, 9.17) is 10.8 Å². The third-order valence-electron chi connectivity index (χ3n) is 1.45. The van der Waals surface area contributed by atoms with Crippen LogP contribution in [0.4, 0.5) is 4.39 Å². The number of halogens is 1. The highest BCUT2D eigenvalue weighted by molar-refractivity contribution is 5.19. The molecular weight excluding hydrogens is 145 g/mol. The van der Waals surface area contributed by atoms with Crippen molar-refractivity contribution in [2.45, 2.75) is 6.04 Å². The zero-order valence-electron chi connectivity index (χ0n) is 5.92. The van der Waals surface area contributed by atoms with E-state index in [1.165, 1.54) is 24.3 Å². The van der Waals surface area contributed by atoms with Gasteiger partial charge in [-0.3, -0.25) is 0 Å². The summed E-state index contributed by atoms with van der Waals surface area (Å²) >= 11 is 0. The number of nitrogens with one attached hydrogen (secondary N) is 1. The Labute approximate surface area is 64.5 Å². The number of benzene rings is 1. The third-order valence-corrected chi connectivity index (χ3v) is 1.45. The zero-order valence-corrected chi connectivity index (χ0v) is 5.92. The van der Waals surface area contributed by atoms with Gasteiger partial charge in [-0.25, -0.2) is 10.1 Å². The van der Waals surface area contributed by atoms with Crippen LogP contribution in [0.2, 0.25) is 0 Å². The number of hydrogen-bond donors (Lipinski definition) is 1. The van der Waals surface area contributed by atoms with E-state index in [0.717, 1.165) is 0 Å². The molecule has 0 aliphatic carbocycles. The molecule has 0 heterocycles. The van der Waals surface area contributed by atoms with E-state index < -0.39 is 6.04 Å². The van der Waals surface area contributed by atoms with Crippen molar-refractivity contribution >= 4 is 0 Å². The van der Waals surface area contributed by atoms with Crippen LogP contribution in [-0.2, 0) is 0 Å². The second kappa shape index (κ2) is 3.46. The maximum atomic E-state index is 12.3. The highest BCUT2D eigenvalue weighted by Gasteiger charge is 2.03. The average Bonchev–Trinajstić information content (AvgIpc) is 2.05. The van der Waals surface area contributed by atoms with Crippen LogP contribution in [0.5, 0.6) is 0 Å². The first kappa shape index (κ1) is 8.17. The Balaban J connectivity index is 2.81. The van der Waals surface area contributed by atoms with Crippen molar-refractivity contribution in [1.29, 1.82) is 0 Å². The molecule has 2 nitrogen and oxygen atoms in total. The summed E-state index contributed by atoms with van der Waals surface area (Å²) in [4.78, 5) is 0. The van der Waals surface area contributed by atoms with E-state index in [1.807, 2.05) is 0 Å². The molecule has 1 radical (unpaired) electrons. The molecule has 0 spiro atoms. The van der Waals surface area contributed by atoms with Crippen LogP contribution in [0, 0.1) is 5.82 Å². The molecule has 0 aliphatic rings. The van der Waals surface area contributed by atoms with Crippen molar-refractivity contribution in [2.75, 3.05) is 6.61 Å². The quantitative estimate of drug-likeness (QED) is 0.682. The molecule has 1 aromatic rings. The molecule has 0 amide bonds. The van der Waals surface area contributed by atoms with Crippen LogP contribution in [0.25, 0.3) is 0 Å². The second-order valence-electron chi connectivity index (χ2n) is 2.29. The molecule has 1 aromatic carbocycles.